The molecule has 2 nitrogen and oxygen atoms in total. The van der Waals surface area contributed by atoms with Crippen LogP contribution in [0.25, 0.3) is 0 Å². The third kappa shape index (κ3) is 2.19. The molecule has 1 aliphatic carbocycles. The van der Waals surface area contributed by atoms with E-state index in [2.05, 4.69) is 42.2 Å². The van der Waals surface area contributed by atoms with Gasteiger partial charge in [0, 0.05) is 25.2 Å². The molecule has 1 saturated carbocycles. The Kier molecular flexibility index (Phi) is 3.40. The van der Waals surface area contributed by atoms with E-state index in [1.165, 1.54) is 37.9 Å². The summed E-state index contributed by atoms with van der Waals surface area (Å²) in [5.74, 6) is 1.88. The lowest BCUT2D eigenvalue weighted by Crippen LogP contribution is -2.38. The highest BCUT2D eigenvalue weighted by molar-refractivity contribution is 5.21. The minimum atomic E-state index is 0.200. The summed E-state index contributed by atoms with van der Waals surface area (Å²) in [6.45, 7) is 4.66. The zero-order valence-electron chi connectivity index (χ0n) is 11.3. The van der Waals surface area contributed by atoms with Gasteiger partial charge in [0.25, 0.3) is 0 Å². The smallest absolute Gasteiger partial charge is 0.0496 e. The van der Waals surface area contributed by atoms with Crippen molar-refractivity contribution in [3.63, 3.8) is 0 Å². The average Bonchev–Trinajstić information content (AvgIpc) is 2.91. The van der Waals surface area contributed by atoms with Gasteiger partial charge in [-0.05, 0) is 37.2 Å². The minimum Gasteiger partial charge on any atom is -0.326 e. The molecule has 4 unspecified atom stereocenters. The highest BCUT2D eigenvalue weighted by Gasteiger charge is 2.39. The first-order valence-corrected chi connectivity index (χ1v) is 7.30. The largest absolute Gasteiger partial charge is 0.326 e. The van der Waals surface area contributed by atoms with Crippen molar-refractivity contribution < 1.29 is 0 Å². The number of fused-ring (bicyclic) bond motifs is 1. The lowest BCUT2D eigenvalue weighted by molar-refractivity contribution is 0.203. The molecule has 2 heteroatoms. The molecular weight excluding hydrogens is 220 g/mol. The van der Waals surface area contributed by atoms with Gasteiger partial charge in [-0.3, -0.25) is 4.90 Å². The van der Waals surface area contributed by atoms with Gasteiger partial charge in [-0.1, -0.05) is 36.8 Å². The lowest BCUT2D eigenvalue weighted by Gasteiger charge is -2.32. The van der Waals surface area contributed by atoms with E-state index in [1.54, 1.807) is 0 Å². The summed E-state index contributed by atoms with van der Waals surface area (Å²) < 4.78 is 0. The standard InChI is InChI=1S/C16H24N2/c1-12(17)16(13-6-3-2-4-7-13)18-10-14-8-5-9-15(14)11-18/h2-4,6-7,12,14-16H,5,8-11,17H2,1H3. The fourth-order valence-electron chi connectivity index (χ4n) is 4.00. The SMILES string of the molecule is CC(N)C(c1ccccc1)N1CC2CCCC2C1. The van der Waals surface area contributed by atoms with Gasteiger partial charge in [-0.15, -0.1) is 0 Å². The zero-order chi connectivity index (χ0) is 12.5. The molecular formula is C16H24N2. The predicted octanol–water partition coefficient (Wildman–Crippen LogP) is 2.81. The van der Waals surface area contributed by atoms with E-state index in [-0.39, 0.29) is 6.04 Å². The molecule has 0 aromatic heterocycles. The number of nitrogens with zero attached hydrogens (tertiary/aromatic N) is 1. The van der Waals surface area contributed by atoms with Gasteiger partial charge < -0.3 is 5.73 Å². The first-order chi connectivity index (χ1) is 8.75. The summed E-state index contributed by atoms with van der Waals surface area (Å²) in [5.41, 5.74) is 7.64. The molecule has 0 radical (unpaired) electrons. The van der Waals surface area contributed by atoms with Crippen LogP contribution in [0.15, 0.2) is 30.3 Å². The van der Waals surface area contributed by atoms with Crippen molar-refractivity contribution in [2.24, 2.45) is 17.6 Å². The lowest BCUT2D eigenvalue weighted by atomic mass is 9.99. The number of hydrogen-bond donors (Lipinski definition) is 1. The molecule has 1 saturated heterocycles. The number of benzene rings is 1. The molecule has 0 amide bonds. The summed E-state index contributed by atoms with van der Waals surface area (Å²) in [5, 5.41) is 0. The third-order valence-corrected chi connectivity index (χ3v) is 4.79. The molecule has 1 aliphatic heterocycles. The van der Waals surface area contributed by atoms with Gasteiger partial charge in [0.2, 0.25) is 0 Å². The Balaban J connectivity index is 1.79. The molecule has 2 fully saturated rings. The van der Waals surface area contributed by atoms with Crippen LogP contribution in [0.1, 0.15) is 37.8 Å². The molecule has 2 N–H and O–H groups in total. The molecule has 4 atom stereocenters. The fraction of sp³-hybridized carbons (Fsp3) is 0.625. The molecule has 1 aromatic carbocycles. The molecule has 1 aromatic rings. The molecule has 98 valence electrons. The second-order valence-corrected chi connectivity index (χ2v) is 6.12. The van der Waals surface area contributed by atoms with E-state index >= 15 is 0 Å². The molecule has 1 heterocycles. The monoisotopic (exact) mass is 244 g/mol. The topological polar surface area (TPSA) is 29.3 Å². The normalized spacial score (nSPS) is 31.2. The van der Waals surface area contributed by atoms with Gasteiger partial charge in [0.15, 0.2) is 0 Å². The first kappa shape index (κ1) is 12.2. The third-order valence-electron chi connectivity index (χ3n) is 4.79. The zero-order valence-corrected chi connectivity index (χ0v) is 11.3. The Hall–Kier alpha value is -0.860. The van der Waals surface area contributed by atoms with Crippen LogP contribution in [-0.4, -0.2) is 24.0 Å². The highest BCUT2D eigenvalue weighted by atomic mass is 15.2. The molecule has 0 spiro atoms. The van der Waals surface area contributed by atoms with E-state index in [0.717, 1.165) is 11.8 Å². The Labute approximate surface area is 110 Å². The van der Waals surface area contributed by atoms with E-state index in [0.29, 0.717) is 6.04 Å². The van der Waals surface area contributed by atoms with Crippen molar-refractivity contribution in [2.75, 3.05) is 13.1 Å². The molecule has 3 rings (SSSR count). The number of nitrogens with two attached hydrogens (primary N) is 1. The summed E-state index contributed by atoms with van der Waals surface area (Å²) in [6.07, 6.45) is 4.31. The Morgan fingerprint density at radius 2 is 1.72 bits per heavy atom. The second-order valence-electron chi connectivity index (χ2n) is 6.12. The van der Waals surface area contributed by atoms with Gasteiger partial charge in [0.1, 0.15) is 0 Å². The van der Waals surface area contributed by atoms with Crippen molar-refractivity contribution in [3.05, 3.63) is 35.9 Å². The van der Waals surface area contributed by atoms with E-state index < -0.39 is 0 Å². The Bertz CT molecular complexity index is 375. The number of likely N-dealkylation sites (tertiary alicyclic amines) is 1. The molecule has 2 aliphatic rings. The fourth-order valence-corrected chi connectivity index (χ4v) is 4.00. The number of hydrogen-bond acceptors (Lipinski definition) is 2. The maximum atomic E-state index is 6.26. The van der Waals surface area contributed by atoms with Crippen molar-refractivity contribution in [1.82, 2.24) is 4.90 Å². The van der Waals surface area contributed by atoms with Crippen molar-refractivity contribution in [3.8, 4) is 0 Å². The Morgan fingerprint density at radius 1 is 1.11 bits per heavy atom. The van der Waals surface area contributed by atoms with Crippen molar-refractivity contribution in [1.29, 1.82) is 0 Å². The van der Waals surface area contributed by atoms with E-state index in [4.69, 9.17) is 5.73 Å². The van der Waals surface area contributed by atoms with E-state index in [9.17, 15) is 0 Å². The van der Waals surface area contributed by atoms with Crippen LogP contribution < -0.4 is 5.73 Å². The number of rotatable bonds is 3. The quantitative estimate of drug-likeness (QED) is 0.886. The van der Waals surface area contributed by atoms with E-state index in [1.807, 2.05) is 0 Å². The van der Waals surface area contributed by atoms with Crippen molar-refractivity contribution in [2.45, 2.75) is 38.3 Å². The van der Waals surface area contributed by atoms with Gasteiger partial charge in [0.05, 0.1) is 0 Å². The summed E-state index contributed by atoms with van der Waals surface area (Å²) in [7, 11) is 0. The van der Waals surface area contributed by atoms with Crippen LogP contribution in [0.2, 0.25) is 0 Å². The summed E-state index contributed by atoms with van der Waals surface area (Å²) in [6, 6.07) is 11.4. The second kappa shape index (κ2) is 5.02. The maximum absolute atomic E-state index is 6.26. The first-order valence-electron chi connectivity index (χ1n) is 7.30. The Morgan fingerprint density at radius 3 is 2.28 bits per heavy atom. The maximum Gasteiger partial charge on any atom is 0.0496 e. The van der Waals surface area contributed by atoms with Gasteiger partial charge >= 0.3 is 0 Å². The highest BCUT2D eigenvalue weighted by Crippen LogP contribution is 2.41. The van der Waals surface area contributed by atoms with Gasteiger partial charge in [-0.2, -0.15) is 0 Å². The average molecular weight is 244 g/mol. The predicted molar refractivity (Wildman–Crippen MR) is 75.2 cm³/mol. The van der Waals surface area contributed by atoms with Crippen LogP contribution in [0.3, 0.4) is 0 Å². The van der Waals surface area contributed by atoms with Gasteiger partial charge in [-0.25, -0.2) is 0 Å². The van der Waals surface area contributed by atoms with Crippen LogP contribution >= 0.6 is 0 Å². The molecule has 0 bridgehead atoms. The van der Waals surface area contributed by atoms with Crippen LogP contribution in [0.4, 0.5) is 0 Å². The summed E-state index contributed by atoms with van der Waals surface area (Å²) in [4.78, 5) is 2.63. The van der Waals surface area contributed by atoms with Crippen molar-refractivity contribution >= 4 is 0 Å². The summed E-state index contributed by atoms with van der Waals surface area (Å²) >= 11 is 0. The molecule has 18 heavy (non-hydrogen) atoms. The van der Waals surface area contributed by atoms with Crippen LogP contribution in [-0.2, 0) is 0 Å². The van der Waals surface area contributed by atoms with Crippen LogP contribution in [0, 0.1) is 11.8 Å². The minimum absolute atomic E-state index is 0.200. The van der Waals surface area contributed by atoms with Crippen LogP contribution in [0.5, 0.6) is 0 Å².